The second kappa shape index (κ2) is 5.30. The van der Waals surface area contributed by atoms with Crippen LogP contribution < -0.4 is 0 Å². The average molecular weight is 217 g/mol. The fourth-order valence-corrected chi connectivity index (χ4v) is 1.66. The Morgan fingerprint density at radius 3 is 2.36 bits per heavy atom. The van der Waals surface area contributed by atoms with E-state index in [4.69, 9.17) is 0 Å². The first kappa shape index (κ1) is 10.6. The molecule has 0 aliphatic rings. The number of rotatable bonds is 3. The van der Waals surface area contributed by atoms with E-state index >= 15 is 0 Å². The van der Waals surface area contributed by atoms with E-state index in [0.29, 0.717) is 0 Å². The second-order valence-corrected chi connectivity index (χ2v) is 3.09. The first-order valence-electron chi connectivity index (χ1n) is 3.65. The summed E-state index contributed by atoms with van der Waals surface area (Å²) in [5, 5.41) is 0. The zero-order chi connectivity index (χ0) is 8.85. The Bertz CT molecular complexity index is 202. The molecule has 0 saturated carbocycles. The number of carbonyl (C=O) groups is 1. The van der Waals surface area contributed by atoms with Crippen molar-refractivity contribution in [2.24, 2.45) is 0 Å². The summed E-state index contributed by atoms with van der Waals surface area (Å²) in [7, 11) is 0. The lowest BCUT2D eigenvalue weighted by Crippen LogP contribution is -1.96. The molecule has 0 bridgehead atoms. The van der Waals surface area contributed by atoms with Gasteiger partial charge in [-0.15, -0.1) is 0 Å². The molecule has 62 valence electrons. The van der Waals surface area contributed by atoms with Crippen molar-refractivity contribution >= 4 is 21.7 Å². The molecule has 1 nitrogen and oxygen atoms in total. The number of allylic oxidation sites excluding steroid dienone is 4. The van der Waals surface area contributed by atoms with Crippen molar-refractivity contribution in [2.75, 3.05) is 0 Å². The molecule has 0 aliphatic carbocycles. The van der Waals surface area contributed by atoms with Crippen molar-refractivity contribution in [1.29, 1.82) is 0 Å². The SMILES string of the molecule is C/C=C\C(Br)=C(/CC)C(C)=O. The quantitative estimate of drug-likeness (QED) is 0.524. The van der Waals surface area contributed by atoms with Gasteiger partial charge in [0.2, 0.25) is 0 Å². The third-order valence-electron chi connectivity index (χ3n) is 1.38. The molecule has 0 radical (unpaired) electrons. The maximum absolute atomic E-state index is 11.0. The molecule has 0 fully saturated rings. The molecular weight excluding hydrogens is 204 g/mol. The van der Waals surface area contributed by atoms with Crippen LogP contribution in [0.2, 0.25) is 0 Å². The molecule has 2 heteroatoms. The maximum atomic E-state index is 11.0. The van der Waals surface area contributed by atoms with Crippen molar-refractivity contribution < 1.29 is 4.79 Å². The highest BCUT2D eigenvalue weighted by Gasteiger charge is 2.03. The first-order valence-corrected chi connectivity index (χ1v) is 4.45. The van der Waals surface area contributed by atoms with E-state index in [9.17, 15) is 4.79 Å². The Kier molecular flexibility index (Phi) is 5.12. The molecule has 0 aliphatic heterocycles. The summed E-state index contributed by atoms with van der Waals surface area (Å²) >= 11 is 3.34. The smallest absolute Gasteiger partial charge is 0.156 e. The van der Waals surface area contributed by atoms with Crippen LogP contribution in [0.4, 0.5) is 0 Å². The predicted octanol–water partition coefficient (Wildman–Crippen LogP) is 3.21. The van der Waals surface area contributed by atoms with Crippen LogP contribution >= 0.6 is 15.9 Å². The zero-order valence-corrected chi connectivity index (χ0v) is 8.73. The van der Waals surface area contributed by atoms with E-state index in [1.54, 1.807) is 6.92 Å². The summed E-state index contributed by atoms with van der Waals surface area (Å²) in [4.78, 5) is 11.0. The monoisotopic (exact) mass is 216 g/mol. The van der Waals surface area contributed by atoms with Crippen LogP contribution in [0.1, 0.15) is 27.2 Å². The number of hydrogen-bond donors (Lipinski definition) is 0. The molecule has 0 N–H and O–H groups in total. The molecule has 0 saturated heterocycles. The van der Waals surface area contributed by atoms with Crippen LogP contribution in [0.3, 0.4) is 0 Å². The molecule has 0 heterocycles. The number of ketones is 1. The maximum Gasteiger partial charge on any atom is 0.156 e. The zero-order valence-electron chi connectivity index (χ0n) is 7.15. The van der Waals surface area contributed by atoms with Crippen molar-refractivity contribution in [3.8, 4) is 0 Å². The van der Waals surface area contributed by atoms with Crippen LogP contribution in [-0.4, -0.2) is 5.78 Å². The van der Waals surface area contributed by atoms with Gasteiger partial charge in [0.05, 0.1) is 0 Å². The fourth-order valence-electron chi connectivity index (χ4n) is 0.833. The van der Waals surface area contributed by atoms with Gasteiger partial charge in [-0.1, -0.05) is 35.0 Å². The Labute approximate surface area is 76.3 Å². The molecule has 0 atom stereocenters. The molecule has 11 heavy (non-hydrogen) atoms. The predicted molar refractivity (Wildman–Crippen MR) is 51.7 cm³/mol. The van der Waals surface area contributed by atoms with Gasteiger partial charge in [-0.05, 0) is 20.3 Å². The largest absolute Gasteiger partial charge is 0.295 e. The van der Waals surface area contributed by atoms with E-state index in [2.05, 4.69) is 15.9 Å². The highest BCUT2D eigenvalue weighted by molar-refractivity contribution is 9.11. The summed E-state index contributed by atoms with van der Waals surface area (Å²) in [6.07, 6.45) is 4.57. The molecule has 0 rings (SSSR count). The second-order valence-electron chi connectivity index (χ2n) is 2.24. The molecule has 0 aromatic rings. The summed E-state index contributed by atoms with van der Waals surface area (Å²) in [5.41, 5.74) is 0.850. The number of hydrogen-bond acceptors (Lipinski definition) is 1. The van der Waals surface area contributed by atoms with E-state index in [1.165, 1.54) is 0 Å². The topological polar surface area (TPSA) is 17.1 Å². The third-order valence-corrected chi connectivity index (χ3v) is 2.12. The van der Waals surface area contributed by atoms with Gasteiger partial charge in [-0.25, -0.2) is 0 Å². The van der Waals surface area contributed by atoms with E-state index in [0.717, 1.165) is 16.5 Å². The summed E-state index contributed by atoms with van der Waals surface area (Å²) < 4.78 is 0.898. The number of carbonyl (C=O) groups excluding carboxylic acids is 1. The molecule has 0 aromatic carbocycles. The van der Waals surface area contributed by atoms with Gasteiger partial charge in [0, 0.05) is 10.1 Å². The Hall–Kier alpha value is -0.370. The molecular formula is C9H13BrO. The van der Waals surface area contributed by atoms with Crippen LogP contribution in [0.15, 0.2) is 22.2 Å². The minimum atomic E-state index is 0.137. The van der Waals surface area contributed by atoms with Crippen LogP contribution in [0.5, 0.6) is 0 Å². The average Bonchev–Trinajstić information content (AvgIpc) is 1.88. The van der Waals surface area contributed by atoms with Gasteiger partial charge >= 0.3 is 0 Å². The van der Waals surface area contributed by atoms with Crippen molar-refractivity contribution in [3.63, 3.8) is 0 Å². The number of Topliss-reactive ketones (excluding diaryl/α,β-unsaturated/α-hetero) is 1. The van der Waals surface area contributed by atoms with E-state index in [-0.39, 0.29) is 5.78 Å². The van der Waals surface area contributed by atoms with Crippen molar-refractivity contribution in [1.82, 2.24) is 0 Å². The van der Waals surface area contributed by atoms with Crippen LogP contribution in [0, 0.1) is 0 Å². The molecule has 0 aromatic heterocycles. The Morgan fingerprint density at radius 2 is 2.09 bits per heavy atom. The lowest BCUT2D eigenvalue weighted by molar-refractivity contribution is -0.113. The molecule has 0 amide bonds. The summed E-state index contributed by atoms with van der Waals surface area (Å²) in [6.45, 7) is 5.49. The minimum absolute atomic E-state index is 0.137. The van der Waals surface area contributed by atoms with Gasteiger partial charge in [0.15, 0.2) is 5.78 Å². The van der Waals surface area contributed by atoms with Gasteiger partial charge < -0.3 is 0 Å². The van der Waals surface area contributed by atoms with Gasteiger partial charge in [0.25, 0.3) is 0 Å². The molecule has 0 unspecified atom stereocenters. The van der Waals surface area contributed by atoms with Crippen molar-refractivity contribution in [3.05, 3.63) is 22.2 Å². The summed E-state index contributed by atoms with van der Waals surface area (Å²) in [6, 6.07) is 0. The van der Waals surface area contributed by atoms with E-state index in [1.807, 2.05) is 26.0 Å². The third kappa shape index (κ3) is 3.51. The Morgan fingerprint density at radius 1 is 1.55 bits per heavy atom. The standard InChI is InChI=1S/C9H13BrO/c1-4-6-9(10)8(5-2)7(3)11/h4,6H,5H2,1-3H3/b6-4-,9-8-. The highest BCUT2D eigenvalue weighted by Crippen LogP contribution is 2.17. The lowest BCUT2D eigenvalue weighted by Gasteiger charge is -1.99. The summed E-state index contributed by atoms with van der Waals surface area (Å²) in [5.74, 6) is 0.137. The lowest BCUT2D eigenvalue weighted by atomic mass is 10.1. The molecule has 0 spiro atoms. The highest BCUT2D eigenvalue weighted by atomic mass is 79.9. The first-order chi connectivity index (χ1) is 5.13. The minimum Gasteiger partial charge on any atom is -0.295 e. The van der Waals surface area contributed by atoms with Gasteiger partial charge in [-0.3, -0.25) is 4.79 Å². The number of halogens is 1. The fraction of sp³-hybridized carbons (Fsp3) is 0.444. The van der Waals surface area contributed by atoms with Crippen LogP contribution in [0.25, 0.3) is 0 Å². The normalized spacial score (nSPS) is 13.5. The van der Waals surface area contributed by atoms with Crippen LogP contribution in [-0.2, 0) is 4.79 Å². The van der Waals surface area contributed by atoms with E-state index < -0.39 is 0 Å². The van der Waals surface area contributed by atoms with Gasteiger partial charge in [0.1, 0.15) is 0 Å². The van der Waals surface area contributed by atoms with Gasteiger partial charge in [-0.2, -0.15) is 0 Å². The Balaban J connectivity index is 4.67. The van der Waals surface area contributed by atoms with Crippen molar-refractivity contribution in [2.45, 2.75) is 27.2 Å².